The second-order valence-corrected chi connectivity index (χ2v) is 21.5. The number of alkyl halides is 1. The molecule has 0 bridgehead atoms. The average Bonchev–Trinajstić information content (AvgIpc) is 3.60. The zero-order valence-corrected chi connectivity index (χ0v) is 38.2. The Hall–Kier alpha value is -6.16. The summed E-state index contributed by atoms with van der Waals surface area (Å²) in [5, 5.41) is 0.469. The second kappa shape index (κ2) is 16.8. The molecular formula is C54H42Cl2O6S2. The van der Waals surface area contributed by atoms with Crippen LogP contribution in [0.2, 0.25) is 5.02 Å². The number of halogens is 2. The Kier molecular flexibility index (Phi) is 11.3. The third-order valence-corrected chi connectivity index (χ3v) is 15.9. The van der Waals surface area contributed by atoms with E-state index in [1.807, 2.05) is 45.0 Å². The van der Waals surface area contributed by atoms with E-state index in [1.54, 1.807) is 84.9 Å². The molecule has 0 radical (unpaired) electrons. The molecule has 8 aromatic rings. The van der Waals surface area contributed by atoms with E-state index in [0.717, 1.165) is 44.5 Å². The molecule has 0 saturated heterocycles. The first-order valence-corrected chi connectivity index (χ1v) is 24.4. The Balaban J connectivity index is 0.977. The van der Waals surface area contributed by atoms with Gasteiger partial charge in [-0.05, 0) is 162 Å². The first kappa shape index (κ1) is 43.1. The molecule has 320 valence electrons. The van der Waals surface area contributed by atoms with Gasteiger partial charge < -0.3 is 9.47 Å². The highest BCUT2D eigenvalue weighted by atomic mass is 35.5. The van der Waals surface area contributed by atoms with E-state index in [2.05, 4.69) is 72.8 Å². The highest BCUT2D eigenvalue weighted by Gasteiger charge is 2.46. The third kappa shape index (κ3) is 7.90. The van der Waals surface area contributed by atoms with Crippen LogP contribution >= 0.6 is 23.2 Å². The number of ether oxygens (including phenoxy) is 2. The number of benzene rings is 8. The van der Waals surface area contributed by atoms with Gasteiger partial charge in [-0.3, -0.25) is 0 Å². The molecule has 0 aromatic heterocycles. The van der Waals surface area contributed by atoms with E-state index in [-0.39, 0.29) is 25.7 Å². The van der Waals surface area contributed by atoms with E-state index in [9.17, 15) is 16.8 Å². The van der Waals surface area contributed by atoms with Gasteiger partial charge in [0, 0.05) is 5.02 Å². The smallest absolute Gasteiger partial charge is 0.206 e. The summed E-state index contributed by atoms with van der Waals surface area (Å²) in [5.74, 6) is 1.77. The van der Waals surface area contributed by atoms with E-state index < -0.39 is 30.0 Å². The predicted molar refractivity (Wildman–Crippen MR) is 253 cm³/mol. The summed E-state index contributed by atoms with van der Waals surface area (Å²) in [6, 6.07) is 59.2. The van der Waals surface area contributed by atoms with Crippen molar-refractivity contribution in [1.29, 1.82) is 0 Å². The van der Waals surface area contributed by atoms with Crippen molar-refractivity contribution in [3.05, 3.63) is 233 Å². The maximum Gasteiger partial charge on any atom is 0.206 e. The summed E-state index contributed by atoms with van der Waals surface area (Å²) in [5.41, 5.74) is 7.69. The molecule has 1 aliphatic carbocycles. The summed E-state index contributed by atoms with van der Waals surface area (Å²) in [6.07, 6.45) is -0.366. The van der Waals surface area contributed by atoms with Gasteiger partial charge >= 0.3 is 0 Å². The molecular weight excluding hydrogens is 880 g/mol. The topological polar surface area (TPSA) is 86.7 Å². The van der Waals surface area contributed by atoms with Crippen molar-refractivity contribution in [2.45, 2.75) is 56.7 Å². The lowest BCUT2D eigenvalue weighted by molar-refractivity contribution is 0.227. The van der Waals surface area contributed by atoms with Gasteiger partial charge in [-0.25, -0.2) is 16.8 Å². The van der Waals surface area contributed by atoms with Crippen LogP contribution in [-0.2, 0) is 30.0 Å². The molecule has 0 fully saturated rings. The van der Waals surface area contributed by atoms with Crippen LogP contribution in [0.25, 0.3) is 11.1 Å². The predicted octanol–water partition coefficient (Wildman–Crippen LogP) is 13.8. The normalized spacial score (nSPS) is 13.7. The molecule has 1 aliphatic rings. The Morgan fingerprint density at radius 3 is 1.31 bits per heavy atom. The molecule has 0 aliphatic heterocycles. The maximum absolute atomic E-state index is 13.5. The molecule has 0 heterocycles. The van der Waals surface area contributed by atoms with Crippen molar-refractivity contribution in [1.82, 2.24) is 0 Å². The summed E-state index contributed by atoms with van der Waals surface area (Å²) in [6.45, 7) is 5.66. The van der Waals surface area contributed by atoms with Gasteiger partial charge in [-0.2, -0.15) is 0 Å². The van der Waals surface area contributed by atoms with Crippen LogP contribution < -0.4 is 9.47 Å². The van der Waals surface area contributed by atoms with Crippen molar-refractivity contribution in [2.24, 2.45) is 0 Å². The molecule has 10 heteroatoms. The van der Waals surface area contributed by atoms with Crippen LogP contribution in [0.15, 0.2) is 214 Å². The number of sulfone groups is 2. The lowest BCUT2D eigenvalue weighted by Crippen LogP contribution is -2.28. The quantitative estimate of drug-likeness (QED) is 0.113. The summed E-state index contributed by atoms with van der Waals surface area (Å²) >= 11 is 12.4. The minimum absolute atomic E-state index is 0.164. The molecule has 1 unspecified atom stereocenters. The van der Waals surface area contributed by atoms with Crippen molar-refractivity contribution >= 4 is 42.9 Å². The molecule has 64 heavy (non-hydrogen) atoms. The molecule has 0 N–H and O–H groups in total. The summed E-state index contributed by atoms with van der Waals surface area (Å²) in [7, 11) is -7.46. The van der Waals surface area contributed by atoms with Crippen molar-refractivity contribution in [2.75, 3.05) is 0 Å². The summed E-state index contributed by atoms with van der Waals surface area (Å²) in [4.78, 5) is 0.113. The zero-order valence-electron chi connectivity index (χ0n) is 35.1. The van der Waals surface area contributed by atoms with Gasteiger partial charge in [0.15, 0.2) is 0 Å². The minimum atomic E-state index is -3.75. The fraction of sp³-hybridized carbons (Fsp3) is 0.111. The second-order valence-electron chi connectivity index (χ2n) is 16.3. The van der Waals surface area contributed by atoms with Crippen LogP contribution in [0.4, 0.5) is 0 Å². The number of hydrogen-bond acceptors (Lipinski definition) is 6. The highest BCUT2D eigenvalue weighted by Crippen LogP contribution is 2.56. The van der Waals surface area contributed by atoms with Gasteiger partial charge in [-0.1, -0.05) is 109 Å². The molecule has 0 spiro atoms. The standard InChI is InChI=1S/C54H42Cl2O6S2/c1-36(37-12-28-45(29-13-37)63(57,58)47-32-20-41(55)21-33-47)61-42-22-14-39(15-23-42)54(51-10-6-4-8-49(51)50-9-5-7-11-52(50)54)40-16-24-43(25-17-40)62-44-26-34-48(35-27-44)64(59,60)46-30-18-38(19-31-46)53(2,3)56/h4-36H,1-3H3. The lowest BCUT2D eigenvalue weighted by atomic mass is 9.68. The SMILES string of the molecule is CC(Oc1ccc(C2(c3ccc(Oc4ccc(S(=O)(=O)c5ccc(C(C)(C)Cl)cc5)cc4)cc3)c3ccccc3-c3ccccc32)cc1)c1ccc(S(=O)(=O)c2ccc(Cl)cc2)cc1. The first-order chi connectivity index (χ1) is 30.7. The average molecular weight is 922 g/mol. The Morgan fingerprint density at radius 1 is 0.484 bits per heavy atom. The molecule has 6 nitrogen and oxygen atoms in total. The number of fused-ring (bicyclic) bond motifs is 3. The van der Waals surface area contributed by atoms with Crippen LogP contribution in [0, 0.1) is 0 Å². The Morgan fingerprint density at radius 2 is 0.859 bits per heavy atom. The van der Waals surface area contributed by atoms with Crippen LogP contribution in [0.5, 0.6) is 17.2 Å². The Labute approximate surface area is 384 Å². The van der Waals surface area contributed by atoms with Gasteiger partial charge in [0.05, 0.1) is 29.9 Å². The van der Waals surface area contributed by atoms with E-state index in [4.69, 9.17) is 32.7 Å². The molecule has 8 aromatic carbocycles. The third-order valence-electron chi connectivity index (χ3n) is 11.8. The van der Waals surface area contributed by atoms with Gasteiger partial charge in [0.25, 0.3) is 0 Å². The first-order valence-electron chi connectivity index (χ1n) is 20.7. The Bertz CT molecular complexity index is 3150. The maximum atomic E-state index is 13.5. The van der Waals surface area contributed by atoms with Crippen LogP contribution in [-0.4, -0.2) is 16.8 Å². The molecule has 0 saturated carbocycles. The molecule has 1 atom stereocenters. The largest absolute Gasteiger partial charge is 0.486 e. The fourth-order valence-electron chi connectivity index (χ4n) is 8.51. The molecule has 9 rings (SSSR count). The van der Waals surface area contributed by atoms with Crippen molar-refractivity contribution in [3.63, 3.8) is 0 Å². The number of rotatable bonds is 12. The lowest BCUT2D eigenvalue weighted by Gasteiger charge is -2.34. The van der Waals surface area contributed by atoms with Gasteiger partial charge in [0.2, 0.25) is 19.7 Å². The minimum Gasteiger partial charge on any atom is -0.486 e. The summed E-state index contributed by atoms with van der Waals surface area (Å²) < 4.78 is 66.1. The van der Waals surface area contributed by atoms with Crippen molar-refractivity contribution < 1.29 is 26.3 Å². The van der Waals surface area contributed by atoms with E-state index in [1.165, 1.54) is 12.1 Å². The van der Waals surface area contributed by atoms with Crippen molar-refractivity contribution in [3.8, 4) is 28.4 Å². The van der Waals surface area contributed by atoms with Crippen LogP contribution in [0.3, 0.4) is 0 Å². The zero-order chi connectivity index (χ0) is 44.9. The fourth-order valence-corrected chi connectivity index (χ4v) is 11.3. The number of hydrogen-bond donors (Lipinski definition) is 0. The van der Waals surface area contributed by atoms with E-state index >= 15 is 0 Å². The monoisotopic (exact) mass is 920 g/mol. The van der Waals surface area contributed by atoms with Gasteiger partial charge in [-0.15, -0.1) is 11.6 Å². The van der Waals surface area contributed by atoms with E-state index in [0.29, 0.717) is 22.3 Å². The molecule has 0 amide bonds. The highest BCUT2D eigenvalue weighted by molar-refractivity contribution is 7.91. The van der Waals surface area contributed by atoms with Gasteiger partial charge in [0.1, 0.15) is 23.4 Å². The van der Waals surface area contributed by atoms with Crippen LogP contribution in [0.1, 0.15) is 60.3 Å².